The summed E-state index contributed by atoms with van der Waals surface area (Å²) < 4.78 is 1.93. The lowest BCUT2D eigenvalue weighted by atomic mass is 9.92. The largest absolute Gasteiger partial charge is 0.354 e. The average molecular weight is 366 g/mol. The van der Waals surface area contributed by atoms with Crippen LogP contribution in [0.15, 0.2) is 18.3 Å². The number of hydrogen-bond donors (Lipinski definition) is 2. The van der Waals surface area contributed by atoms with Crippen molar-refractivity contribution in [2.24, 2.45) is 5.41 Å². The van der Waals surface area contributed by atoms with E-state index in [0.717, 1.165) is 36.2 Å². The van der Waals surface area contributed by atoms with E-state index in [1.165, 1.54) is 0 Å². The fourth-order valence-electron chi connectivity index (χ4n) is 3.22. The second-order valence-corrected chi connectivity index (χ2v) is 7.76. The van der Waals surface area contributed by atoms with Gasteiger partial charge in [-0.2, -0.15) is 5.10 Å². The highest BCUT2D eigenvalue weighted by molar-refractivity contribution is 5.85. The fraction of sp³-hybridized carbons (Fsp3) is 0.611. The summed E-state index contributed by atoms with van der Waals surface area (Å²) in [6.07, 6.45) is 3.45. The van der Waals surface area contributed by atoms with Crippen molar-refractivity contribution in [3.63, 3.8) is 0 Å². The number of nitrogens with one attached hydrogen (secondary N) is 2. The molecule has 0 saturated carbocycles. The molecule has 2 aromatic heterocycles. The van der Waals surface area contributed by atoms with Gasteiger partial charge in [-0.15, -0.1) is 12.4 Å². The molecule has 1 fully saturated rings. The predicted molar refractivity (Wildman–Crippen MR) is 102 cm³/mol. The Labute approximate surface area is 155 Å². The van der Waals surface area contributed by atoms with Crippen LogP contribution in [-0.4, -0.2) is 40.3 Å². The SMILES string of the molecule is CC(C)(C)CC(=O)NCCn1nc(C2CCNC2)c2cccnc21.Cl. The molecule has 1 amide bonds. The van der Waals surface area contributed by atoms with Gasteiger partial charge >= 0.3 is 0 Å². The van der Waals surface area contributed by atoms with Gasteiger partial charge < -0.3 is 10.6 Å². The molecule has 7 heteroatoms. The lowest BCUT2D eigenvalue weighted by Gasteiger charge is -2.17. The smallest absolute Gasteiger partial charge is 0.220 e. The Morgan fingerprint density at radius 2 is 2.24 bits per heavy atom. The molecule has 25 heavy (non-hydrogen) atoms. The van der Waals surface area contributed by atoms with Crippen LogP contribution < -0.4 is 10.6 Å². The van der Waals surface area contributed by atoms with E-state index in [0.29, 0.717) is 25.4 Å². The zero-order chi connectivity index (χ0) is 17.2. The van der Waals surface area contributed by atoms with Crippen LogP contribution in [0, 0.1) is 5.41 Å². The van der Waals surface area contributed by atoms with Crippen molar-refractivity contribution in [1.29, 1.82) is 0 Å². The second kappa shape index (κ2) is 8.15. The maximum Gasteiger partial charge on any atom is 0.220 e. The summed E-state index contributed by atoms with van der Waals surface area (Å²) in [5.74, 6) is 0.542. The number of amides is 1. The van der Waals surface area contributed by atoms with E-state index in [2.05, 4.69) is 42.5 Å². The van der Waals surface area contributed by atoms with Gasteiger partial charge in [0.1, 0.15) is 0 Å². The molecule has 1 aliphatic heterocycles. The lowest BCUT2D eigenvalue weighted by Crippen LogP contribution is -2.30. The Morgan fingerprint density at radius 1 is 1.44 bits per heavy atom. The Morgan fingerprint density at radius 3 is 2.92 bits per heavy atom. The van der Waals surface area contributed by atoms with Crippen LogP contribution in [0.2, 0.25) is 0 Å². The Hall–Kier alpha value is -1.66. The maximum absolute atomic E-state index is 12.0. The minimum Gasteiger partial charge on any atom is -0.354 e. The van der Waals surface area contributed by atoms with Crippen molar-refractivity contribution in [2.45, 2.75) is 46.1 Å². The van der Waals surface area contributed by atoms with Gasteiger partial charge in [0, 0.05) is 37.0 Å². The molecular weight excluding hydrogens is 338 g/mol. The first-order chi connectivity index (χ1) is 11.4. The van der Waals surface area contributed by atoms with E-state index in [-0.39, 0.29) is 23.7 Å². The van der Waals surface area contributed by atoms with Crippen LogP contribution in [-0.2, 0) is 11.3 Å². The normalized spacial score (nSPS) is 17.5. The number of carbonyl (C=O) groups is 1. The van der Waals surface area contributed by atoms with Crippen molar-refractivity contribution in [3.05, 3.63) is 24.0 Å². The van der Waals surface area contributed by atoms with Crippen LogP contribution in [0.25, 0.3) is 11.0 Å². The van der Waals surface area contributed by atoms with Crippen molar-refractivity contribution in [2.75, 3.05) is 19.6 Å². The van der Waals surface area contributed by atoms with Crippen molar-refractivity contribution in [1.82, 2.24) is 25.4 Å². The van der Waals surface area contributed by atoms with Crippen LogP contribution in [0.5, 0.6) is 0 Å². The fourth-order valence-corrected chi connectivity index (χ4v) is 3.22. The third-order valence-electron chi connectivity index (χ3n) is 4.32. The van der Waals surface area contributed by atoms with Crippen LogP contribution in [0.4, 0.5) is 0 Å². The minimum atomic E-state index is 0. The highest BCUT2D eigenvalue weighted by atomic mass is 35.5. The van der Waals surface area contributed by atoms with E-state index < -0.39 is 0 Å². The molecule has 138 valence electrons. The zero-order valence-corrected chi connectivity index (χ0v) is 16.0. The summed E-state index contributed by atoms with van der Waals surface area (Å²) in [7, 11) is 0. The summed E-state index contributed by atoms with van der Waals surface area (Å²) in [5, 5.41) is 12.3. The zero-order valence-electron chi connectivity index (χ0n) is 15.2. The summed E-state index contributed by atoms with van der Waals surface area (Å²) in [4.78, 5) is 16.5. The topological polar surface area (TPSA) is 71.8 Å². The Balaban J connectivity index is 0.00000225. The molecule has 2 aromatic rings. The number of halogens is 1. The van der Waals surface area contributed by atoms with Gasteiger partial charge in [0.15, 0.2) is 5.65 Å². The summed E-state index contributed by atoms with van der Waals surface area (Å²) in [5.41, 5.74) is 2.04. The molecule has 0 bridgehead atoms. The average Bonchev–Trinajstić information content (AvgIpc) is 3.13. The highest BCUT2D eigenvalue weighted by Crippen LogP contribution is 2.27. The van der Waals surface area contributed by atoms with E-state index in [9.17, 15) is 4.79 Å². The summed E-state index contributed by atoms with van der Waals surface area (Å²) >= 11 is 0. The van der Waals surface area contributed by atoms with Gasteiger partial charge in [0.2, 0.25) is 5.91 Å². The van der Waals surface area contributed by atoms with Crippen LogP contribution in [0.3, 0.4) is 0 Å². The number of hydrogen-bond acceptors (Lipinski definition) is 4. The molecule has 1 unspecified atom stereocenters. The van der Waals surface area contributed by atoms with Gasteiger partial charge in [0.25, 0.3) is 0 Å². The molecule has 3 rings (SSSR count). The highest BCUT2D eigenvalue weighted by Gasteiger charge is 2.23. The Bertz CT molecular complexity index is 716. The predicted octanol–water partition coefficient (Wildman–Crippen LogP) is 2.48. The third-order valence-corrected chi connectivity index (χ3v) is 4.32. The first kappa shape index (κ1) is 19.7. The Kier molecular flexibility index (Phi) is 6.41. The van der Waals surface area contributed by atoms with E-state index in [4.69, 9.17) is 5.10 Å². The molecule has 1 aliphatic rings. The van der Waals surface area contributed by atoms with E-state index in [1.54, 1.807) is 6.20 Å². The van der Waals surface area contributed by atoms with Gasteiger partial charge in [-0.25, -0.2) is 9.67 Å². The first-order valence-electron chi connectivity index (χ1n) is 8.73. The van der Waals surface area contributed by atoms with Crippen molar-refractivity contribution >= 4 is 29.3 Å². The molecule has 2 N–H and O–H groups in total. The molecule has 0 spiro atoms. The van der Waals surface area contributed by atoms with Crippen molar-refractivity contribution in [3.8, 4) is 0 Å². The molecule has 0 aliphatic carbocycles. The molecule has 3 heterocycles. The molecular formula is C18H28ClN5O. The second-order valence-electron chi connectivity index (χ2n) is 7.76. The molecule has 1 atom stereocenters. The molecule has 0 aromatic carbocycles. The van der Waals surface area contributed by atoms with E-state index in [1.807, 2.05) is 10.7 Å². The molecule has 0 radical (unpaired) electrons. The van der Waals surface area contributed by atoms with E-state index >= 15 is 0 Å². The number of rotatable bonds is 5. The third kappa shape index (κ3) is 4.92. The number of fused-ring (bicyclic) bond motifs is 1. The van der Waals surface area contributed by atoms with Gasteiger partial charge in [-0.05, 0) is 30.5 Å². The monoisotopic (exact) mass is 365 g/mol. The number of nitrogens with zero attached hydrogens (tertiary/aromatic N) is 3. The quantitative estimate of drug-likeness (QED) is 0.853. The standard InChI is InChI=1S/C18H27N5O.ClH/c1-18(2,3)11-15(24)20-9-10-23-17-14(5-4-7-21-17)16(22-23)13-6-8-19-12-13;/h4-5,7,13,19H,6,8-12H2,1-3H3,(H,20,24);1H. The minimum absolute atomic E-state index is 0. The van der Waals surface area contributed by atoms with Gasteiger partial charge in [-0.1, -0.05) is 20.8 Å². The molecule has 6 nitrogen and oxygen atoms in total. The number of carbonyl (C=O) groups excluding carboxylic acids is 1. The van der Waals surface area contributed by atoms with Gasteiger partial charge in [-0.3, -0.25) is 4.79 Å². The number of aromatic nitrogens is 3. The lowest BCUT2D eigenvalue weighted by molar-refractivity contribution is -0.122. The summed E-state index contributed by atoms with van der Waals surface area (Å²) in [6, 6.07) is 4.06. The number of pyridine rings is 1. The maximum atomic E-state index is 12.0. The molecule has 1 saturated heterocycles. The summed E-state index contributed by atoms with van der Waals surface area (Å²) in [6.45, 7) is 9.44. The van der Waals surface area contributed by atoms with Crippen molar-refractivity contribution < 1.29 is 4.79 Å². The van der Waals surface area contributed by atoms with Gasteiger partial charge in [0.05, 0.1) is 12.2 Å². The van der Waals surface area contributed by atoms with Crippen LogP contribution >= 0.6 is 12.4 Å². The first-order valence-corrected chi connectivity index (χ1v) is 8.73. The van der Waals surface area contributed by atoms with Crippen LogP contribution in [0.1, 0.15) is 45.2 Å².